The van der Waals surface area contributed by atoms with Crippen molar-refractivity contribution in [2.75, 3.05) is 20.8 Å². The molecule has 7 heteroatoms. The molecule has 0 spiro atoms. The van der Waals surface area contributed by atoms with Crippen molar-refractivity contribution >= 4 is 23.2 Å². The zero-order valence-corrected chi connectivity index (χ0v) is 20.7. The van der Waals surface area contributed by atoms with Crippen LogP contribution in [0.2, 0.25) is 0 Å². The van der Waals surface area contributed by atoms with Gasteiger partial charge in [-0.3, -0.25) is 9.59 Å². The number of hydrogen-bond acceptors (Lipinski definition) is 5. The predicted octanol–water partition coefficient (Wildman–Crippen LogP) is 5.02. The molecule has 0 unspecified atom stereocenters. The molecule has 0 radical (unpaired) electrons. The molecule has 1 aromatic heterocycles. The number of carbonyl (C=O) groups excluding carboxylic acids is 2. The third-order valence-corrected chi connectivity index (χ3v) is 7.00. The van der Waals surface area contributed by atoms with Gasteiger partial charge in [0.1, 0.15) is 11.5 Å². The highest BCUT2D eigenvalue weighted by Crippen LogP contribution is 2.44. The van der Waals surface area contributed by atoms with Crippen LogP contribution in [-0.2, 0) is 11.3 Å². The molecule has 4 rings (SSSR count). The van der Waals surface area contributed by atoms with Gasteiger partial charge in [0, 0.05) is 29.1 Å². The van der Waals surface area contributed by atoms with Crippen LogP contribution >= 0.6 is 11.3 Å². The second kappa shape index (κ2) is 10.3. The van der Waals surface area contributed by atoms with Crippen LogP contribution in [0.3, 0.4) is 0 Å². The minimum absolute atomic E-state index is 0.0267. The van der Waals surface area contributed by atoms with Gasteiger partial charge in [0.2, 0.25) is 5.91 Å². The van der Waals surface area contributed by atoms with Gasteiger partial charge in [-0.2, -0.15) is 0 Å². The first-order valence-electron chi connectivity index (χ1n) is 11.4. The van der Waals surface area contributed by atoms with Crippen LogP contribution in [0.25, 0.3) is 0 Å². The Morgan fingerprint density at radius 1 is 1.09 bits per heavy atom. The normalized spacial score (nSPS) is 17.4. The number of nitrogens with zero attached hydrogens (tertiary/aromatic N) is 1. The maximum absolute atomic E-state index is 13.8. The number of ether oxygens (including phenoxy) is 2. The predicted molar refractivity (Wildman–Crippen MR) is 134 cm³/mol. The third kappa shape index (κ3) is 4.66. The number of rotatable bonds is 8. The number of carbonyl (C=O) groups is 2. The molecule has 2 atom stereocenters. The van der Waals surface area contributed by atoms with Crippen LogP contribution in [-0.4, -0.2) is 37.5 Å². The number of benzene rings is 2. The average Bonchev–Trinajstić information content (AvgIpc) is 3.38. The van der Waals surface area contributed by atoms with Crippen LogP contribution in [0.4, 0.5) is 0 Å². The average molecular weight is 479 g/mol. The highest BCUT2D eigenvalue weighted by Gasteiger charge is 2.44. The molecule has 1 aliphatic heterocycles. The second-order valence-electron chi connectivity index (χ2n) is 8.77. The van der Waals surface area contributed by atoms with E-state index >= 15 is 0 Å². The maximum atomic E-state index is 13.8. The Balaban J connectivity index is 1.72. The van der Waals surface area contributed by atoms with Crippen LogP contribution in [0, 0.1) is 5.92 Å². The molecule has 0 saturated carbocycles. The molecule has 6 nitrogen and oxygen atoms in total. The van der Waals surface area contributed by atoms with Gasteiger partial charge in [-0.1, -0.05) is 38.1 Å². The number of nitrogens with one attached hydrogen (secondary N) is 1. The van der Waals surface area contributed by atoms with Crippen molar-refractivity contribution in [3.63, 3.8) is 0 Å². The Hall–Kier alpha value is -3.32. The number of hydrogen-bond donors (Lipinski definition) is 1. The summed E-state index contributed by atoms with van der Waals surface area (Å²) in [6.07, 6.45) is 0. The van der Waals surface area contributed by atoms with Gasteiger partial charge in [-0.15, -0.1) is 11.3 Å². The number of thiophene rings is 1. The Morgan fingerprint density at radius 2 is 1.88 bits per heavy atom. The van der Waals surface area contributed by atoms with E-state index in [0.717, 1.165) is 16.0 Å². The zero-order valence-electron chi connectivity index (χ0n) is 19.9. The fourth-order valence-corrected chi connectivity index (χ4v) is 5.43. The smallest absolute Gasteiger partial charge is 0.254 e. The highest BCUT2D eigenvalue weighted by atomic mass is 32.1. The Bertz CT molecular complexity index is 1160. The van der Waals surface area contributed by atoms with E-state index in [4.69, 9.17) is 9.47 Å². The lowest BCUT2D eigenvalue weighted by Gasteiger charge is -2.42. The van der Waals surface area contributed by atoms with Gasteiger partial charge >= 0.3 is 0 Å². The Labute approximate surface area is 204 Å². The molecule has 2 heterocycles. The molecular weight excluding hydrogens is 448 g/mol. The van der Waals surface area contributed by atoms with Gasteiger partial charge in [0.25, 0.3) is 5.91 Å². The lowest BCUT2D eigenvalue weighted by molar-refractivity contribution is -0.124. The van der Waals surface area contributed by atoms with E-state index in [-0.39, 0.29) is 30.3 Å². The summed E-state index contributed by atoms with van der Waals surface area (Å²) < 4.78 is 10.8. The molecule has 0 bridgehead atoms. The van der Waals surface area contributed by atoms with Crippen molar-refractivity contribution in [2.45, 2.75) is 32.4 Å². The molecule has 1 aliphatic rings. The van der Waals surface area contributed by atoms with Crippen molar-refractivity contribution in [1.82, 2.24) is 10.2 Å². The summed E-state index contributed by atoms with van der Waals surface area (Å²) in [5.74, 6) is 0.956. The van der Waals surface area contributed by atoms with E-state index < -0.39 is 5.92 Å². The first-order valence-corrected chi connectivity index (χ1v) is 12.2. The molecule has 1 N–H and O–H groups in total. The molecule has 34 heavy (non-hydrogen) atoms. The Morgan fingerprint density at radius 3 is 2.56 bits per heavy atom. The van der Waals surface area contributed by atoms with Crippen LogP contribution in [0.1, 0.15) is 52.2 Å². The van der Waals surface area contributed by atoms with Crippen molar-refractivity contribution in [3.05, 3.63) is 81.5 Å². The summed E-state index contributed by atoms with van der Waals surface area (Å²) in [6, 6.07) is 16.6. The monoisotopic (exact) mass is 478 g/mol. The van der Waals surface area contributed by atoms with Crippen molar-refractivity contribution in [1.29, 1.82) is 0 Å². The highest BCUT2D eigenvalue weighted by molar-refractivity contribution is 7.10. The molecule has 2 aromatic carbocycles. The molecule has 2 amide bonds. The zero-order chi connectivity index (χ0) is 24.2. The Kier molecular flexibility index (Phi) is 7.22. The van der Waals surface area contributed by atoms with E-state index in [9.17, 15) is 9.59 Å². The molecule has 0 saturated heterocycles. The van der Waals surface area contributed by atoms with Gasteiger partial charge in [-0.25, -0.2) is 0 Å². The summed E-state index contributed by atoms with van der Waals surface area (Å²) in [5, 5.41) is 5.10. The molecule has 0 fully saturated rings. The lowest BCUT2D eigenvalue weighted by Crippen LogP contribution is -2.48. The van der Waals surface area contributed by atoms with Crippen LogP contribution < -0.4 is 14.8 Å². The number of fused-ring (bicyclic) bond motifs is 1. The summed E-state index contributed by atoms with van der Waals surface area (Å²) in [4.78, 5) is 30.2. The summed E-state index contributed by atoms with van der Waals surface area (Å²) in [7, 11) is 3.21. The first-order chi connectivity index (χ1) is 16.4. The van der Waals surface area contributed by atoms with E-state index in [1.165, 1.54) is 0 Å². The topological polar surface area (TPSA) is 67.9 Å². The number of methoxy groups -OCH3 is 2. The molecular formula is C27H30N2O4S. The quantitative estimate of drug-likeness (QED) is 0.494. The summed E-state index contributed by atoms with van der Waals surface area (Å²) >= 11 is 1.57. The lowest BCUT2D eigenvalue weighted by atomic mass is 9.81. The molecule has 0 aliphatic carbocycles. The van der Waals surface area contributed by atoms with Crippen LogP contribution in [0.15, 0.2) is 60.0 Å². The largest absolute Gasteiger partial charge is 0.497 e. The van der Waals surface area contributed by atoms with Gasteiger partial charge in [0.05, 0.1) is 26.2 Å². The molecule has 3 aromatic rings. The van der Waals surface area contributed by atoms with Gasteiger partial charge in [0.15, 0.2) is 0 Å². The van der Waals surface area contributed by atoms with Crippen molar-refractivity contribution in [3.8, 4) is 11.5 Å². The summed E-state index contributed by atoms with van der Waals surface area (Å²) in [6.45, 7) is 5.03. The van der Waals surface area contributed by atoms with Crippen molar-refractivity contribution in [2.24, 2.45) is 5.92 Å². The van der Waals surface area contributed by atoms with Crippen LogP contribution in [0.5, 0.6) is 11.5 Å². The van der Waals surface area contributed by atoms with Gasteiger partial charge in [-0.05, 0) is 47.2 Å². The third-order valence-electron chi connectivity index (χ3n) is 6.06. The summed E-state index contributed by atoms with van der Waals surface area (Å²) in [5.41, 5.74) is 2.18. The standard InChI is InChI=1S/C27H30N2O4S/c1-17(2)16-29-25(23-10-7-13-34-23)24(20-8-5-6-9-21(20)27(29)31)26(30)28-15-18-14-19(32-3)11-12-22(18)33-4/h5-14,17,24-25H,15-16H2,1-4H3,(H,28,30)/t24-,25+/m1/s1. The van der Waals surface area contributed by atoms with E-state index in [2.05, 4.69) is 19.2 Å². The fraction of sp³-hybridized carbons (Fsp3) is 0.333. The van der Waals surface area contributed by atoms with E-state index in [1.807, 2.05) is 64.9 Å². The van der Waals surface area contributed by atoms with Crippen molar-refractivity contribution < 1.29 is 19.1 Å². The number of amides is 2. The SMILES string of the molecule is COc1ccc(OC)c(CNC(=O)[C@@H]2c3ccccc3C(=O)N(CC(C)C)[C@H]2c2cccs2)c1. The van der Waals surface area contributed by atoms with E-state index in [1.54, 1.807) is 25.6 Å². The van der Waals surface area contributed by atoms with E-state index in [0.29, 0.717) is 23.6 Å². The second-order valence-corrected chi connectivity index (χ2v) is 9.75. The molecule has 178 valence electrons. The minimum atomic E-state index is -0.525. The minimum Gasteiger partial charge on any atom is -0.497 e. The van der Waals surface area contributed by atoms with Gasteiger partial charge < -0.3 is 19.7 Å². The fourth-order valence-electron chi connectivity index (χ4n) is 4.56. The first kappa shape index (κ1) is 23.8. The maximum Gasteiger partial charge on any atom is 0.254 e.